The lowest BCUT2D eigenvalue weighted by molar-refractivity contribution is -0.139. The van der Waals surface area contributed by atoms with Crippen molar-refractivity contribution in [1.82, 2.24) is 4.90 Å². The van der Waals surface area contributed by atoms with Gasteiger partial charge in [-0.05, 0) is 31.5 Å². The zero-order valence-corrected chi connectivity index (χ0v) is 15.2. The molecule has 2 aliphatic rings. The van der Waals surface area contributed by atoms with Gasteiger partial charge in [-0.2, -0.15) is 0 Å². The number of nitrogens with zero attached hydrogens (tertiary/aromatic N) is 3. The molecule has 0 spiro atoms. The number of fused-ring (bicyclic) bond motifs is 1. The standard InChI is InChI=1S/C17H16Cl2N4O2/c1-3-25-17(24)12-9(2)22-16-13(20)15(19)21-8-23(16)14(12)10-4-6-11(18)7-5-10/h4-8,14H,3,20H2,1-2H3. The summed E-state index contributed by atoms with van der Waals surface area (Å²) in [4.78, 5) is 22.8. The molecule has 1 aromatic carbocycles. The molecule has 130 valence electrons. The number of esters is 1. The second-order valence-corrected chi connectivity index (χ2v) is 6.26. The van der Waals surface area contributed by atoms with Crippen molar-refractivity contribution in [2.24, 2.45) is 15.7 Å². The molecule has 1 aromatic rings. The van der Waals surface area contributed by atoms with E-state index in [2.05, 4.69) is 9.98 Å². The molecule has 25 heavy (non-hydrogen) atoms. The van der Waals surface area contributed by atoms with Gasteiger partial charge >= 0.3 is 5.97 Å². The Balaban J connectivity index is 2.18. The predicted molar refractivity (Wildman–Crippen MR) is 98.4 cm³/mol. The van der Waals surface area contributed by atoms with E-state index >= 15 is 0 Å². The first-order valence-corrected chi connectivity index (χ1v) is 8.39. The van der Waals surface area contributed by atoms with Crippen LogP contribution in [-0.2, 0) is 9.53 Å². The van der Waals surface area contributed by atoms with E-state index < -0.39 is 12.0 Å². The lowest BCUT2D eigenvalue weighted by Gasteiger charge is -2.37. The summed E-state index contributed by atoms with van der Waals surface area (Å²) < 4.78 is 5.22. The van der Waals surface area contributed by atoms with Gasteiger partial charge in [-0.1, -0.05) is 35.3 Å². The summed E-state index contributed by atoms with van der Waals surface area (Å²) in [6, 6.07) is 6.70. The van der Waals surface area contributed by atoms with Gasteiger partial charge < -0.3 is 15.4 Å². The van der Waals surface area contributed by atoms with Crippen LogP contribution < -0.4 is 5.73 Å². The molecule has 2 heterocycles. The highest BCUT2D eigenvalue weighted by atomic mass is 35.5. The van der Waals surface area contributed by atoms with Gasteiger partial charge in [0.2, 0.25) is 0 Å². The topological polar surface area (TPSA) is 80.3 Å². The van der Waals surface area contributed by atoms with Gasteiger partial charge in [0.1, 0.15) is 5.70 Å². The fourth-order valence-electron chi connectivity index (χ4n) is 2.77. The van der Waals surface area contributed by atoms with E-state index in [1.54, 1.807) is 30.9 Å². The number of allylic oxidation sites excluding steroid dienone is 1. The molecule has 0 bridgehead atoms. The van der Waals surface area contributed by atoms with Gasteiger partial charge in [0, 0.05) is 5.02 Å². The van der Waals surface area contributed by atoms with Crippen molar-refractivity contribution in [3.63, 3.8) is 0 Å². The number of ether oxygens (including phenoxy) is 1. The smallest absolute Gasteiger partial charge is 0.338 e. The number of halogens is 2. The molecular formula is C17H16Cl2N4O2. The Labute approximate surface area is 155 Å². The van der Waals surface area contributed by atoms with Crippen LogP contribution >= 0.6 is 23.2 Å². The number of carbonyl (C=O) groups excluding carboxylic acids is 1. The minimum Gasteiger partial charge on any atom is -0.463 e. The third-order valence-electron chi connectivity index (χ3n) is 3.90. The molecule has 0 saturated carbocycles. The third kappa shape index (κ3) is 3.15. The van der Waals surface area contributed by atoms with Crippen molar-refractivity contribution >= 4 is 41.3 Å². The summed E-state index contributed by atoms with van der Waals surface area (Å²) in [5.41, 5.74) is 8.07. The molecule has 0 aliphatic carbocycles. The molecule has 8 heteroatoms. The molecule has 6 nitrogen and oxygen atoms in total. The van der Waals surface area contributed by atoms with E-state index in [1.807, 2.05) is 12.1 Å². The molecule has 3 rings (SSSR count). The van der Waals surface area contributed by atoms with Crippen molar-refractivity contribution in [1.29, 1.82) is 0 Å². The van der Waals surface area contributed by atoms with E-state index in [0.717, 1.165) is 5.56 Å². The largest absolute Gasteiger partial charge is 0.463 e. The number of amidine groups is 1. The van der Waals surface area contributed by atoms with Crippen LogP contribution in [0, 0.1) is 0 Å². The van der Waals surface area contributed by atoms with Crippen molar-refractivity contribution in [2.75, 3.05) is 6.61 Å². The van der Waals surface area contributed by atoms with Gasteiger partial charge in [-0.3, -0.25) is 0 Å². The van der Waals surface area contributed by atoms with Crippen LogP contribution in [0.5, 0.6) is 0 Å². The molecule has 1 atom stereocenters. The number of carbonyl (C=O) groups is 1. The van der Waals surface area contributed by atoms with Crippen LogP contribution in [0.1, 0.15) is 25.5 Å². The first-order valence-electron chi connectivity index (χ1n) is 7.64. The minimum atomic E-state index is -0.490. The number of rotatable bonds is 3. The highest BCUT2D eigenvalue weighted by Gasteiger charge is 2.38. The normalized spacial score (nSPS) is 19.8. The summed E-state index contributed by atoms with van der Waals surface area (Å²) >= 11 is 12.0. The Kier molecular flexibility index (Phi) is 4.83. The summed E-state index contributed by atoms with van der Waals surface area (Å²) in [5.74, 6) is 0.0147. The summed E-state index contributed by atoms with van der Waals surface area (Å²) in [5, 5.41) is 0.763. The quantitative estimate of drug-likeness (QED) is 0.645. The first kappa shape index (κ1) is 17.5. The zero-order valence-electron chi connectivity index (χ0n) is 13.7. The number of nitrogens with two attached hydrogens (primary N) is 1. The highest BCUT2D eigenvalue weighted by molar-refractivity contribution is 6.33. The zero-order chi connectivity index (χ0) is 18.1. The van der Waals surface area contributed by atoms with Gasteiger partial charge in [-0.25, -0.2) is 14.8 Å². The maximum Gasteiger partial charge on any atom is 0.338 e. The van der Waals surface area contributed by atoms with Crippen LogP contribution in [0.15, 0.2) is 56.4 Å². The van der Waals surface area contributed by atoms with Gasteiger partial charge in [-0.15, -0.1) is 0 Å². The van der Waals surface area contributed by atoms with Crippen LogP contribution in [0.25, 0.3) is 0 Å². The fraction of sp³-hybridized carbons (Fsp3) is 0.235. The SMILES string of the molecule is CCOC(=O)C1=C(C)N=C2C(N)=C(Cl)N=CN2C1c1ccc(Cl)cc1. The molecule has 0 radical (unpaired) electrons. The Morgan fingerprint density at radius 2 is 2.00 bits per heavy atom. The molecule has 2 aliphatic heterocycles. The van der Waals surface area contributed by atoms with E-state index in [-0.39, 0.29) is 17.5 Å². The minimum absolute atomic E-state index is 0.164. The van der Waals surface area contributed by atoms with Crippen molar-refractivity contribution in [3.05, 3.63) is 57.0 Å². The Hall–Kier alpha value is -2.31. The number of hydrogen-bond acceptors (Lipinski definition) is 6. The fourth-order valence-corrected chi connectivity index (χ4v) is 3.03. The van der Waals surface area contributed by atoms with Crippen molar-refractivity contribution in [2.45, 2.75) is 19.9 Å². The molecular weight excluding hydrogens is 363 g/mol. The maximum absolute atomic E-state index is 12.6. The monoisotopic (exact) mass is 378 g/mol. The molecule has 1 unspecified atom stereocenters. The lowest BCUT2D eigenvalue weighted by Crippen LogP contribution is -2.43. The van der Waals surface area contributed by atoms with Gasteiger partial charge in [0.15, 0.2) is 11.0 Å². The van der Waals surface area contributed by atoms with E-state index in [9.17, 15) is 4.79 Å². The lowest BCUT2D eigenvalue weighted by atomic mass is 9.93. The molecule has 0 amide bonds. The molecule has 0 fully saturated rings. The summed E-state index contributed by atoms with van der Waals surface area (Å²) in [6.07, 6.45) is 1.52. The van der Waals surface area contributed by atoms with Crippen LogP contribution in [0.3, 0.4) is 0 Å². The molecule has 0 aromatic heterocycles. The van der Waals surface area contributed by atoms with Gasteiger partial charge in [0.25, 0.3) is 0 Å². The summed E-state index contributed by atoms with van der Waals surface area (Å²) in [7, 11) is 0. The average molecular weight is 379 g/mol. The number of hydrogen-bond donors (Lipinski definition) is 1. The first-order chi connectivity index (χ1) is 11.9. The van der Waals surface area contributed by atoms with E-state index in [1.165, 1.54) is 6.34 Å². The summed E-state index contributed by atoms with van der Waals surface area (Å²) in [6.45, 7) is 3.76. The maximum atomic E-state index is 12.6. The Morgan fingerprint density at radius 3 is 2.64 bits per heavy atom. The van der Waals surface area contributed by atoms with Crippen molar-refractivity contribution in [3.8, 4) is 0 Å². The van der Waals surface area contributed by atoms with Crippen molar-refractivity contribution < 1.29 is 9.53 Å². The Morgan fingerprint density at radius 1 is 1.32 bits per heavy atom. The second kappa shape index (κ2) is 6.90. The third-order valence-corrected chi connectivity index (χ3v) is 4.45. The Bertz CT molecular complexity index is 841. The average Bonchev–Trinajstić information content (AvgIpc) is 2.58. The highest BCUT2D eigenvalue weighted by Crippen LogP contribution is 2.37. The van der Waals surface area contributed by atoms with Crippen LogP contribution in [0.4, 0.5) is 0 Å². The van der Waals surface area contributed by atoms with E-state index in [4.69, 9.17) is 33.7 Å². The number of benzene rings is 1. The second-order valence-electron chi connectivity index (χ2n) is 5.47. The van der Waals surface area contributed by atoms with Gasteiger partial charge in [0.05, 0.1) is 30.3 Å². The van der Waals surface area contributed by atoms with E-state index in [0.29, 0.717) is 22.1 Å². The molecule has 2 N–H and O–H groups in total. The number of aliphatic imine (C=N–C) groups is 2. The predicted octanol–water partition coefficient (Wildman–Crippen LogP) is 3.34. The van der Waals surface area contributed by atoms with Crippen LogP contribution in [-0.4, -0.2) is 29.7 Å². The van der Waals surface area contributed by atoms with Crippen LogP contribution in [0.2, 0.25) is 5.02 Å². The molecule has 0 saturated heterocycles.